The number of amides is 1. The Morgan fingerprint density at radius 3 is 1.80 bits per heavy atom. The minimum atomic E-state index is -0.442. The smallest absolute Gasteiger partial charge is 0.250 e. The van der Waals surface area contributed by atoms with Gasteiger partial charge in [-0.05, 0) is 12.1 Å². The van der Waals surface area contributed by atoms with Crippen molar-refractivity contribution in [1.29, 1.82) is 0 Å². The monoisotopic (exact) mass is 200 g/mol. The molecule has 15 heavy (non-hydrogen) atoms. The molecule has 0 spiro atoms. The molecule has 0 atom stereocenters. The first-order chi connectivity index (χ1) is 7.30. The van der Waals surface area contributed by atoms with E-state index < -0.39 is 5.91 Å². The van der Waals surface area contributed by atoms with Crippen LogP contribution in [0.3, 0.4) is 0 Å². The number of hydrogen-bond acceptors (Lipinski definition) is 2. The second kappa shape index (κ2) is 6.32. The summed E-state index contributed by atoms with van der Waals surface area (Å²) in [7, 11) is 0. The fourth-order valence-corrected chi connectivity index (χ4v) is 0.893. The molecule has 0 unspecified atom stereocenters. The van der Waals surface area contributed by atoms with Gasteiger partial charge in [0.25, 0.3) is 0 Å². The first-order valence-corrected chi connectivity index (χ1v) is 4.50. The van der Waals surface area contributed by atoms with Crippen LogP contribution in [0.25, 0.3) is 0 Å². The van der Waals surface area contributed by atoms with E-state index in [1.165, 1.54) is 6.20 Å². The molecule has 2 rings (SSSR count). The standard InChI is InChI=1S/C6H6N2O.C6H6/c7-6(9)5-2-1-3-8-4-5;1-2-4-6-5-3-1/h1-4H,(H2,7,9);1-6H. The van der Waals surface area contributed by atoms with E-state index in [4.69, 9.17) is 5.73 Å². The van der Waals surface area contributed by atoms with Crippen molar-refractivity contribution in [2.45, 2.75) is 0 Å². The largest absolute Gasteiger partial charge is 0.366 e. The molecule has 3 nitrogen and oxygen atoms in total. The van der Waals surface area contributed by atoms with E-state index in [9.17, 15) is 4.79 Å². The lowest BCUT2D eigenvalue weighted by Crippen LogP contribution is -2.10. The number of carbonyl (C=O) groups is 1. The summed E-state index contributed by atoms with van der Waals surface area (Å²) < 4.78 is 0. The summed E-state index contributed by atoms with van der Waals surface area (Å²) in [6.45, 7) is 0. The van der Waals surface area contributed by atoms with Gasteiger partial charge >= 0.3 is 0 Å². The van der Waals surface area contributed by atoms with Crippen LogP contribution in [0.2, 0.25) is 0 Å². The predicted molar refractivity (Wildman–Crippen MR) is 59.2 cm³/mol. The zero-order valence-corrected chi connectivity index (χ0v) is 8.21. The summed E-state index contributed by atoms with van der Waals surface area (Å²) in [6, 6.07) is 15.3. The molecule has 1 amide bonds. The van der Waals surface area contributed by atoms with Crippen molar-refractivity contribution in [3.05, 3.63) is 66.5 Å². The number of rotatable bonds is 1. The molecule has 0 bridgehead atoms. The molecular formula is C12H12N2O. The molecule has 76 valence electrons. The van der Waals surface area contributed by atoms with Gasteiger partial charge in [0.1, 0.15) is 0 Å². The third-order valence-corrected chi connectivity index (χ3v) is 1.61. The fourth-order valence-electron chi connectivity index (χ4n) is 0.893. The van der Waals surface area contributed by atoms with Crippen molar-refractivity contribution >= 4 is 5.91 Å². The molecule has 0 aliphatic carbocycles. The maximum absolute atomic E-state index is 10.4. The van der Waals surface area contributed by atoms with E-state index in [2.05, 4.69) is 4.98 Å². The zero-order valence-electron chi connectivity index (χ0n) is 8.21. The number of nitrogens with two attached hydrogens (primary N) is 1. The molecule has 1 aromatic carbocycles. The molecule has 0 aliphatic heterocycles. The summed E-state index contributed by atoms with van der Waals surface area (Å²) in [5, 5.41) is 0. The molecule has 0 aliphatic rings. The van der Waals surface area contributed by atoms with Crippen molar-refractivity contribution in [1.82, 2.24) is 4.98 Å². The molecule has 3 heteroatoms. The number of benzene rings is 1. The van der Waals surface area contributed by atoms with Gasteiger partial charge in [-0.1, -0.05) is 36.4 Å². The Kier molecular flexibility index (Phi) is 4.60. The highest BCUT2D eigenvalue weighted by Crippen LogP contribution is 1.91. The fraction of sp³-hybridized carbons (Fsp3) is 0. The molecule has 0 saturated heterocycles. The summed E-state index contributed by atoms with van der Waals surface area (Å²) >= 11 is 0. The Bertz CT molecular complexity index is 360. The molecule has 2 aromatic rings. The van der Waals surface area contributed by atoms with Gasteiger partial charge in [-0.15, -0.1) is 0 Å². The maximum Gasteiger partial charge on any atom is 0.250 e. The van der Waals surface area contributed by atoms with E-state index in [1.54, 1.807) is 18.3 Å². The number of pyridine rings is 1. The van der Waals surface area contributed by atoms with Crippen LogP contribution in [-0.4, -0.2) is 10.9 Å². The SMILES string of the molecule is NC(=O)c1cccnc1.c1ccccc1. The second-order valence-corrected chi connectivity index (χ2v) is 2.76. The van der Waals surface area contributed by atoms with Gasteiger partial charge in [-0.25, -0.2) is 0 Å². The number of aromatic nitrogens is 1. The van der Waals surface area contributed by atoms with Gasteiger partial charge in [0, 0.05) is 12.4 Å². The van der Waals surface area contributed by atoms with Gasteiger partial charge in [0.15, 0.2) is 0 Å². The van der Waals surface area contributed by atoms with Gasteiger partial charge in [-0.2, -0.15) is 0 Å². The lowest BCUT2D eigenvalue weighted by atomic mass is 10.3. The van der Waals surface area contributed by atoms with Crippen LogP contribution in [-0.2, 0) is 0 Å². The van der Waals surface area contributed by atoms with Crippen molar-refractivity contribution in [3.8, 4) is 0 Å². The van der Waals surface area contributed by atoms with Crippen LogP contribution < -0.4 is 5.73 Å². The van der Waals surface area contributed by atoms with Crippen LogP contribution >= 0.6 is 0 Å². The first kappa shape index (κ1) is 10.9. The number of primary amides is 1. The molecule has 0 fully saturated rings. The van der Waals surface area contributed by atoms with Gasteiger partial charge in [-0.3, -0.25) is 9.78 Å². The van der Waals surface area contributed by atoms with Crippen molar-refractivity contribution < 1.29 is 4.79 Å². The average molecular weight is 200 g/mol. The molecule has 1 heterocycles. The lowest BCUT2D eigenvalue weighted by molar-refractivity contribution is 0.1000. The Hall–Kier alpha value is -2.16. The third-order valence-electron chi connectivity index (χ3n) is 1.61. The number of nitrogens with zero attached hydrogens (tertiary/aromatic N) is 1. The Balaban J connectivity index is 0.000000162. The first-order valence-electron chi connectivity index (χ1n) is 4.50. The highest BCUT2D eigenvalue weighted by molar-refractivity contribution is 5.92. The Morgan fingerprint density at radius 1 is 1.00 bits per heavy atom. The van der Waals surface area contributed by atoms with Crippen LogP contribution in [0.15, 0.2) is 60.9 Å². The minimum Gasteiger partial charge on any atom is -0.366 e. The van der Waals surface area contributed by atoms with Gasteiger partial charge < -0.3 is 5.73 Å². The molecule has 1 aromatic heterocycles. The molecule has 0 saturated carbocycles. The second-order valence-electron chi connectivity index (χ2n) is 2.76. The topological polar surface area (TPSA) is 56.0 Å². The summed E-state index contributed by atoms with van der Waals surface area (Å²) in [5.41, 5.74) is 5.38. The molecular weight excluding hydrogens is 188 g/mol. The van der Waals surface area contributed by atoms with E-state index in [0.29, 0.717) is 5.56 Å². The Labute approximate surface area is 88.6 Å². The van der Waals surface area contributed by atoms with Gasteiger partial charge in [0.2, 0.25) is 5.91 Å². The average Bonchev–Trinajstić information content (AvgIpc) is 2.33. The zero-order chi connectivity index (χ0) is 10.9. The Morgan fingerprint density at radius 2 is 1.53 bits per heavy atom. The molecule has 0 radical (unpaired) electrons. The summed E-state index contributed by atoms with van der Waals surface area (Å²) in [4.78, 5) is 14.1. The summed E-state index contributed by atoms with van der Waals surface area (Å²) in [6.07, 6.45) is 3.02. The van der Waals surface area contributed by atoms with Crippen LogP contribution in [0, 0.1) is 0 Å². The highest BCUT2D eigenvalue weighted by Gasteiger charge is 1.94. The van der Waals surface area contributed by atoms with Crippen molar-refractivity contribution in [2.24, 2.45) is 5.73 Å². The van der Waals surface area contributed by atoms with E-state index in [-0.39, 0.29) is 0 Å². The predicted octanol–water partition coefficient (Wildman–Crippen LogP) is 1.87. The van der Waals surface area contributed by atoms with Crippen molar-refractivity contribution in [2.75, 3.05) is 0 Å². The van der Waals surface area contributed by atoms with E-state index in [0.717, 1.165) is 0 Å². The number of carbonyl (C=O) groups excluding carboxylic acids is 1. The van der Waals surface area contributed by atoms with Crippen LogP contribution in [0.1, 0.15) is 10.4 Å². The number of hydrogen-bond donors (Lipinski definition) is 1. The lowest BCUT2D eigenvalue weighted by Gasteiger charge is -1.88. The molecule has 2 N–H and O–H groups in total. The highest BCUT2D eigenvalue weighted by atomic mass is 16.1. The summed E-state index contributed by atoms with van der Waals surface area (Å²) in [5.74, 6) is -0.442. The third kappa shape index (κ3) is 4.57. The van der Waals surface area contributed by atoms with E-state index >= 15 is 0 Å². The van der Waals surface area contributed by atoms with Crippen molar-refractivity contribution in [3.63, 3.8) is 0 Å². The quantitative estimate of drug-likeness (QED) is 0.764. The maximum atomic E-state index is 10.4. The van der Waals surface area contributed by atoms with Crippen LogP contribution in [0.5, 0.6) is 0 Å². The minimum absolute atomic E-state index is 0.442. The normalized spacial score (nSPS) is 8.53. The van der Waals surface area contributed by atoms with E-state index in [1.807, 2.05) is 36.4 Å². The van der Waals surface area contributed by atoms with Gasteiger partial charge in [0.05, 0.1) is 5.56 Å². The van der Waals surface area contributed by atoms with Crippen LogP contribution in [0.4, 0.5) is 0 Å².